The van der Waals surface area contributed by atoms with Gasteiger partial charge in [0.15, 0.2) is 11.5 Å². The molecule has 0 bridgehead atoms. The number of hydrogen-bond acceptors (Lipinski definition) is 3. The van der Waals surface area contributed by atoms with Gasteiger partial charge in [-0.2, -0.15) is 0 Å². The van der Waals surface area contributed by atoms with E-state index in [1.807, 2.05) is 13.0 Å². The van der Waals surface area contributed by atoms with Crippen LogP contribution in [0.15, 0.2) is 48.5 Å². The molecular weight excluding hydrogens is 310 g/mol. The molecule has 1 unspecified atom stereocenters. The normalized spacial score (nSPS) is 12.0. The molecule has 1 atom stereocenters. The van der Waals surface area contributed by atoms with Gasteiger partial charge in [0.05, 0.1) is 13.2 Å². The second kappa shape index (κ2) is 10.8. The first-order valence-corrected chi connectivity index (χ1v) is 9.38. The van der Waals surface area contributed by atoms with E-state index in [2.05, 4.69) is 61.6 Å². The van der Waals surface area contributed by atoms with Crippen molar-refractivity contribution in [3.63, 3.8) is 0 Å². The molecule has 2 rings (SSSR count). The summed E-state index contributed by atoms with van der Waals surface area (Å²) in [5.74, 6) is 1.68. The Balaban J connectivity index is 1.85. The Bertz CT molecular complexity index is 613. The van der Waals surface area contributed by atoms with Gasteiger partial charge in [0.1, 0.15) is 0 Å². The van der Waals surface area contributed by atoms with Crippen molar-refractivity contribution in [3.05, 3.63) is 59.7 Å². The molecule has 0 aliphatic rings. The molecule has 0 amide bonds. The maximum Gasteiger partial charge on any atom is 0.161 e. The minimum absolute atomic E-state index is 0.465. The van der Waals surface area contributed by atoms with Crippen LogP contribution in [0.3, 0.4) is 0 Å². The minimum Gasteiger partial charge on any atom is -0.490 e. The molecule has 0 aromatic heterocycles. The molecule has 0 saturated carbocycles. The molecule has 2 aromatic rings. The van der Waals surface area contributed by atoms with Gasteiger partial charge in [-0.3, -0.25) is 0 Å². The van der Waals surface area contributed by atoms with Crippen molar-refractivity contribution in [1.29, 1.82) is 0 Å². The van der Waals surface area contributed by atoms with Crippen LogP contribution in [0.1, 0.15) is 44.7 Å². The van der Waals surface area contributed by atoms with Crippen LogP contribution in [-0.2, 0) is 13.0 Å². The molecule has 136 valence electrons. The predicted octanol–water partition coefficient (Wildman–Crippen LogP) is 4.99. The van der Waals surface area contributed by atoms with Crippen molar-refractivity contribution in [2.75, 3.05) is 13.2 Å². The van der Waals surface area contributed by atoms with Crippen LogP contribution in [0.25, 0.3) is 0 Å². The molecule has 2 aromatic carbocycles. The van der Waals surface area contributed by atoms with Crippen molar-refractivity contribution in [2.45, 2.75) is 52.6 Å². The first-order chi connectivity index (χ1) is 12.2. The Morgan fingerprint density at radius 2 is 1.72 bits per heavy atom. The highest BCUT2D eigenvalue weighted by Gasteiger charge is 2.08. The standard InChI is InChI=1S/C22H31NO2/c1-4-15-25-21-14-13-20(16-22(21)24-5-2)17-23-18(3)11-12-19-9-7-6-8-10-19/h6-10,13-14,16,18,23H,4-5,11-12,15,17H2,1-3H3. The molecule has 0 heterocycles. The zero-order chi connectivity index (χ0) is 17.9. The molecule has 0 aliphatic carbocycles. The van der Waals surface area contributed by atoms with Crippen molar-refractivity contribution in [1.82, 2.24) is 5.32 Å². The predicted molar refractivity (Wildman–Crippen MR) is 104 cm³/mol. The molecule has 0 spiro atoms. The number of ether oxygens (including phenoxy) is 2. The van der Waals surface area contributed by atoms with E-state index in [4.69, 9.17) is 9.47 Å². The maximum absolute atomic E-state index is 5.76. The SMILES string of the molecule is CCCOc1ccc(CNC(C)CCc2ccccc2)cc1OCC. The lowest BCUT2D eigenvalue weighted by Gasteiger charge is -2.16. The summed E-state index contributed by atoms with van der Waals surface area (Å²) < 4.78 is 11.5. The number of nitrogens with one attached hydrogen (secondary N) is 1. The van der Waals surface area contributed by atoms with Gasteiger partial charge in [0, 0.05) is 12.6 Å². The molecule has 0 radical (unpaired) electrons. The average Bonchev–Trinajstić information content (AvgIpc) is 2.65. The van der Waals surface area contributed by atoms with E-state index in [1.165, 1.54) is 11.1 Å². The Kier molecular flexibility index (Phi) is 8.33. The summed E-state index contributed by atoms with van der Waals surface area (Å²) in [6, 6.07) is 17.3. The highest BCUT2D eigenvalue weighted by molar-refractivity contribution is 5.43. The Morgan fingerprint density at radius 3 is 2.44 bits per heavy atom. The highest BCUT2D eigenvalue weighted by Crippen LogP contribution is 2.28. The Labute approximate surface area is 152 Å². The van der Waals surface area contributed by atoms with E-state index >= 15 is 0 Å². The molecule has 25 heavy (non-hydrogen) atoms. The minimum atomic E-state index is 0.465. The topological polar surface area (TPSA) is 30.5 Å². The smallest absolute Gasteiger partial charge is 0.161 e. The van der Waals surface area contributed by atoms with Crippen LogP contribution in [-0.4, -0.2) is 19.3 Å². The molecule has 0 fully saturated rings. The van der Waals surface area contributed by atoms with Gasteiger partial charge in [-0.1, -0.05) is 43.3 Å². The number of aryl methyl sites for hydroxylation is 1. The van der Waals surface area contributed by atoms with Gasteiger partial charge in [-0.05, 0) is 56.4 Å². The summed E-state index contributed by atoms with van der Waals surface area (Å²) >= 11 is 0. The fraction of sp³-hybridized carbons (Fsp3) is 0.455. The van der Waals surface area contributed by atoms with Crippen LogP contribution < -0.4 is 14.8 Å². The summed E-state index contributed by atoms with van der Waals surface area (Å²) in [7, 11) is 0. The third-order valence-electron chi connectivity index (χ3n) is 4.13. The van der Waals surface area contributed by atoms with Crippen molar-refractivity contribution >= 4 is 0 Å². The summed E-state index contributed by atoms with van der Waals surface area (Å²) in [4.78, 5) is 0. The second-order valence-corrected chi connectivity index (χ2v) is 6.37. The van der Waals surface area contributed by atoms with E-state index in [0.717, 1.165) is 37.3 Å². The number of benzene rings is 2. The van der Waals surface area contributed by atoms with E-state index in [0.29, 0.717) is 19.3 Å². The average molecular weight is 341 g/mol. The quantitative estimate of drug-likeness (QED) is 0.625. The molecular formula is C22H31NO2. The van der Waals surface area contributed by atoms with Crippen molar-refractivity contribution < 1.29 is 9.47 Å². The monoisotopic (exact) mass is 341 g/mol. The first-order valence-electron chi connectivity index (χ1n) is 9.38. The van der Waals surface area contributed by atoms with Gasteiger partial charge in [0.2, 0.25) is 0 Å². The van der Waals surface area contributed by atoms with Crippen LogP contribution >= 0.6 is 0 Å². The van der Waals surface area contributed by atoms with Crippen molar-refractivity contribution in [2.24, 2.45) is 0 Å². The van der Waals surface area contributed by atoms with E-state index in [-0.39, 0.29) is 0 Å². The van der Waals surface area contributed by atoms with Crippen LogP contribution in [0.5, 0.6) is 11.5 Å². The first kappa shape index (κ1) is 19.3. The molecule has 3 heteroatoms. The highest BCUT2D eigenvalue weighted by atomic mass is 16.5. The maximum atomic E-state index is 5.76. The van der Waals surface area contributed by atoms with Gasteiger partial charge in [-0.15, -0.1) is 0 Å². The fourth-order valence-corrected chi connectivity index (χ4v) is 2.68. The van der Waals surface area contributed by atoms with Crippen LogP contribution in [0, 0.1) is 0 Å². The van der Waals surface area contributed by atoms with Gasteiger partial charge in [-0.25, -0.2) is 0 Å². The summed E-state index contributed by atoms with van der Waals surface area (Å²) in [6.07, 6.45) is 3.22. The van der Waals surface area contributed by atoms with Crippen LogP contribution in [0.4, 0.5) is 0 Å². The zero-order valence-corrected chi connectivity index (χ0v) is 15.8. The molecule has 0 saturated heterocycles. The largest absolute Gasteiger partial charge is 0.490 e. The molecule has 1 N–H and O–H groups in total. The van der Waals surface area contributed by atoms with Crippen molar-refractivity contribution in [3.8, 4) is 11.5 Å². The Hall–Kier alpha value is -2.00. The van der Waals surface area contributed by atoms with Gasteiger partial charge < -0.3 is 14.8 Å². The Morgan fingerprint density at radius 1 is 0.920 bits per heavy atom. The lowest BCUT2D eigenvalue weighted by molar-refractivity contribution is 0.276. The fourth-order valence-electron chi connectivity index (χ4n) is 2.68. The third kappa shape index (κ3) is 6.79. The summed E-state index contributed by atoms with van der Waals surface area (Å²) in [5.41, 5.74) is 2.62. The molecule has 0 aliphatic heterocycles. The summed E-state index contributed by atoms with van der Waals surface area (Å²) in [6.45, 7) is 8.55. The lowest BCUT2D eigenvalue weighted by Crippen LogP contribution is -2.26. The molecule has 3 nitrogen and oxygen atoms in total. The van der Waals surface area contributed by atoms with Gasteiger partial charge >= 0.3 is 0 Å². The number of rotatable bonds is 11. The second-order valence-electron chi connectivity index (χ2n) is 6.37. The van der Waals surface area contributed by atoms with Gasteiger partial charge in [0.25, 0.3) is 0 Å². The number of hydrogen-bond donors (Lipinski definition) is 1. The summed E-state index contributed by atoms with van der Waals surface area (Å²) in [5, 5.41) is 3.60. The zero-order valence-electron chi connectivity index (χ0n) is 15.8. The third-order valence-corrected chi connectivity index (χ3v) is 4.13. The van der Waals surface area contributed by atoms with E-state index in [1.54, 1.807) is 0 Å². The lowest BCUT2D eigenvalue weighted by atomic mass is 10.1. The van der Waals surface area contributed by atoms with E-state index < -0.39 is 0 Å². The van der Waals surface area contributed by atoms with Crippen LogP contribution in [0.2, 0.25) is 0 Å². The van der Waals surface area contributed by atoms with E-state index in [9.17, 15) is 0 Å².